The zero-order valence-corrected chi connectivity index (χ0v) is 15.7. The van der Waals surface area contributed by atoms with Crippen molar-refractivity contribution in [1.29, 1.82) is 0 Å². The second-order valence-corrected chi connectivity index (χ2v) is 8.22. The fraction of sp³-hybridized carbons (Fsp3) is 0.952. The summed E-state index contributed by atoms with van der Waals surface area (Å²) in [4.78, 5) is 12.3. The molecule has 0 amide bonds. The van der Waals surface area contributed by atoms with Crippen molar-refractivity contribution in [2.75, 3.05) is 0 Å². The summed E-state index contributed by atoms with van der Waals surface area (Å²) in [7, 11) is 0. The lowest BCUT2D eigenvalue weighted by atomic mass is 9.69. The van der Waals surface area contributed by atoms with E-state index >= 15 is 0 Å². The van der Waals surface area contributed by atoms with Crippen molar-refractivity contribution in [2.45, 2.75) is 104 Å². The van der Waals surface area contributed by atoms with Crippen LogP contribution in [-0.2, 0) is 9.53 Å². The minimum atomic E-state index is 0.0797. The summed E-state index contributed by atoms with van der Waals surface area (Å²) >= 11 is 0. The Labute approximate surface area is 143 Å². The zero-order valence-electron chi connectivity index (χ0n) is 15.7. The van der Waals surface area contributed by atoms with Gasteiger partial charge in [-0.3, -0.25) is 4.79 Å². The molecule has 0 bridgehead atoms. The Kier molecular flexibility index (Phi) is 7.92. The molecule has 0 unspecified atom stereocenters. The number of hydrogen-bond acceptors (Lipinski definition) is 2. The van der Waals surface area contributed by atoms with Gasteiger partial charge in [-0.15, -0.1) is 0 Å². The van der Waals surface area contributed by atoms with E-state index in [1.54, 1.807) is 0 Å². The minimum absolute atomic E-state index is 0.0797. The van der Waals surface area contributed by atoms with Gasteiger partial charge in [-0.2, -0.15) is 0 Å². The van der Waals surface area contributed by atoms with Crippen molar-refractivity contribution in [3.8, 4) is 0 Å². The first-order chi connectivity index (χ1) is 11.1. The largest absolute Gasteiger partial charge is 0.462 e. The molecule has 0 aromatic heterocycles. The maximum Gasteiger partial charge on any atom is 0.309 e. The van der Waals surface area contributed by atoms with Crippen molar-refractivity contribution in [3.05, 3.63) is 0 Å². The van der Waals surface area contributed by atoms with Crippen molar-refractivity contribution < 1.29 is 9.53 Å². The lowest BCUT2D eigenvalue weighted by molar-refractivity contribution is -0.155. The Morgan fingerprint density at radius 2 is 1.48 bits per heavy atom. The molecule has 0 saturated heterocycles. The van der Waals surface area contributed by atoms with Crippen LogP contribution in [0.4, 0.5) is 0 Å². The van der Waals surface area contributed by atoms with Gasteiger partial charge in [-0.05, 0) is 69.6 Å². The average molecular weight is 323 g/mol. The molecular formula is C21H38O2. The van der Waals surface area contributed by atoms with E-state index in [0.717, 1.165) is 43.4 Å². The Bertz CT molecular complexity index is 336. The van der Waals surface area contributed by atoms with Crippen LogP contribution in [-0.4, -0.2) is 12.1 Å². The normalized spacial score (nSPS) is 33.2. The van der Waals surface area contributed by atoms with Gasteiger partial charge in [0.15, 0.2) is 0 Å². The number of rotatable bonds is 7. The van der Waals surface area contributed by atoms with E-state index in [-0.39, 0.29) is 18.0 Å². The maximum atomic E-state index is 12.3. The molecule has 0 spiro atoms. The van der Waals surface area contributed by atoms with Gasteiger partial charge >= 0.3 is 5.97 Å². The van der Waals surface area contributed by atoms with E-state index in [9.17, 15) is 4.79 Å². The number of hydrogen-bond donors (Lipinski definition) is 0. The molecule has 0 heterocycles. The van der Waals surface area contributed by atoms with Crippen LogP contribution >= 0.6 is 0 Å². The molecule has 23 heavy (non-hydrogen) atoms. The van der Waals surface area contributed by atoms with E-state index in [4.69, 9.17) is 4.74 Å². The molecule has 134 valence electrons. The van der Waals surface area contributed by atoms with Crippen LogP contribution in [0, 0.1) is 23.7 Å². The highest BCUT2D eigenvalue weighted by molar-refractivity contribution is 5.72. The molecule has 0 aromatic carbocycles. The van der Waals surface area contributed by atoms with Gasteiger partial charge < -0.3 is 4.74 Å². The lowest BCUT2D eigenvalue weighted by Crippen LogP contribution is -2.30. The molecule has 2 fully saturated rings. The van der Waals surface area contributed by atoms with Gasteiger partial charge in [0, 0.05) is 0 Å². The molecule has 2 heteroatoms. The van der Waals surface area contributed by atoms with Crippen LogP contribution in [0.1, 0.15) is 97.8 Å². The van der Waals surface area contributed by atoms with Gasteiger partial charge in [0.05, 0.1) is 12.0 Å². The molecule has 2 aliphatic rings. The number of carbonyl (C=O) groups is 1. The molecule has 0 aliphatic heterocycles. The van der Waals surface area contributed by atoms with Crippen LogP contribution in [0.15, 0.2) is 0 Å². The standard InChI is InChI=1S/C21H38O2/c1-4-6-16(3)23-21(22)20-14-12-19(13-15-20)18-10-8-17(7-5-2)9-11-18/h16-20H,4-15H2,1-3H3/t16-,17-,18-,19-,20-/m0/s1. The third-order valence-corrected chi connectivity index (χ3v) is 6.37. The van der Waals surface area contributed by atoms with Gasteiger partial charge in [0.1, 0.15) is 0 Å². The molecule has 2 saturated carbocycles. The van der Waals surface area contributed by atoms with Crippen LogP contribution < -0.4 is 0 Å². The van der Waals surface area contributed by atoms with Gasteiger partial charge in [-0.1, -0.05) is 46.0 Å². The summed E-state index contributed by atoms with van der Waals surface area (Å²) in [6, 6.07) is 0. The summed E-state index contributed by atoms with van der Waals surface area (Å²) in [5.41, 5.74) is 0. The van der Waals surface area contributed by atoms with E-state index in [1.807, 2.05) is 6.92 Å². The molecule has 2 nitrogen and oxygen atoms in total. The highest BCUT2D eigenvalue weighted by Crippen LogP contribution is 2.42. The van der Waals surface area contributed by atoms with Crippen molar-refractivity contribution >= 4 is 5.97 Å². The zero-order chi connectivity index (χ0) is 16.7. The predicted molar refractivity (Wildman–Crippen MR) is 96.3 cm³/mol. The van der Waals surface area contributed by atoms with Crippen LogP contribution in [0.2, 0.25) is 0 Å². The topological polar surface area (TPSA) is 26.3 Å². The summed E-state index contributed by atoms with van der Waals surface area (Å²) < 4.78 is 5.61. The number of esters is 1. The van der Waals surface area contributed by atoms with E-state index in [0.29, 0.717) is 0 Å². The Hall–Kier alpha value is -0.530. The summed E-state index contributed by atoms with van der Waals surface area (Å²) in [6.07, 6.45) is 15.4. The maximum absolute atomic E-state index is 12.3. The van der Waals surface area contributed by atoms with E-state index in [2.05, 4.69) is 13.8 Å². The van der Waals surface area contributed by atoms with Crippen LogP contribution in [0.5, 0.6) is 0 Å². The van der Waals surface area contributed by atoms with Crippen LogP contribution in [0.25, 0.3) is 0 Å². The summed E-state index contributed by atoms with van der Waals surface area (Å²) in [5, 5.41) is 0. The van der Waals surface area contributed by atoms with Gasteiger partial charge in [-0.25, -0.2) is 0 Å². The molecule has 0 aromatic rings. The second kappa shape index (κ2) is 9.69. The first-order valence-electron chi connectivity index (χ1n) is 10.3. The van der Waals surface area contributed by atoms with Crippen molar-refractivity contribution in [2.24, 2.45) is 23.7 Å². The molecule has 2 aliphatic carbocycles. The van der Waals surface area contributed by atoms with Crippen LogP contribution in [0.3, 0.4) is 0 Å². The number of carbonyl (C=O) groups excluding carboxylic acids is 1. The van der Waals surface area contributed by atoms with E-state index in [1.165, 1.54) is 51.4 Å². The molecule has 0 radical (unpaired) electrons. The first kappa shape index (κ1) is 18.8. The minimum Gasteiger partial charge on any atom is -0.462 e. The third-order valence-electron chi connectivity index (χ3n) is 6.37. The van der Waals surface area contributed by atoms with Gasteiger partial charge in [0.2, 0.25) is 0 Å². The fourth-order valence-corrected chi connectivity index (χ4v) is 4.94. The van der Waals surface area contributed by atoms with Crippen molar-refractivity contribution in [3.63, 3.8) is 0 Å². The molecule has 1 atom stereocenters. The molecular weight excluding hydrogens is 284 g/mol. The SMILES string of the molecule is CCC[C@H](C)OC(=O)[C@H]1CC[C@H]([C@H]2CC[C@H](CCC)CC2)CC1. The number of ether oxygens (including phenoxy) is 1. The molecule has 0 N–H and O–H groups in total. The monoisotopic (exact) mass is 322 g/mol. The smallest absolute Gasteiger partial charge is 0.309 e. The summed E-state index contributed by atoms with van der Waals surface area (Å²) in [5.74, 6) is 3.09. The lowest BCUT2D eigenvalue weighted by Gasteiger charge is -2.37. The Morgan fingerprint density at radius 3 is 2.00 bits per heavy atom. The average Bonchev–Trinajstić information content (AvgIpc) is 2.56. The predicted octanol–water partition coefficient (Wildman–Crippen LogP) is 6.13. The first-order valence-corrected chi connectivity index (χ1v) is 10.3. The van der Waals surface area contributed by atoms with Crippen molar-refractivity contribution in [1.82, 2.24) is 0 Å². The quantitative estimate of drug-likeness (QED) is 0.527. The highest BCUT2D eigenvalue weighted by Gasteiger charge is 2.33. The van der Waals surface area contributed by atoms with E-state index < -0.39 is 0 Å². The fourth-order valence-electron chi connectivity index (χ4n) is 4.94. The van der Waals surface area contributed by atoms with Gasteiger partial charge in [0.25, 0.3) is 0 Å². The second-order valence-electron chi connectivity index (χ2n) is 8.22. The third kappa shape index (κ3) is 5.80. The molecule has 2 rings (SSSR count). The Balaban J connectivity index is 1.69. The highest BCUT2D eigenvalue weighted by atomic mass is 16.5. The summed E-state index contributed by atoms with van der Waals surface area (Å²) in [6.45, 7) is 6.49. The Morgan fingerprint density at radius 1 is 0.913 bits per heavy atom.